The monoisotopic (exact) mass is 467 g/mol. The van der Waals surface area contributed by atoms with Gasteiger partial charge in [0.25, 0.3) is 0 Å². The molecule has 0 spiro atoms. The first-order valence-corrected chi connectivity index (χ1v) is 12.0. The maximum absolute atomic E-state index is 12.5. The summed E-state index contributed by atoms with van der Waals surface area (Å²) in [6.45, 7) is 4.88. The van der Waals surface area contributed by atoms with Crippen LogP contribution in [0.25, 0.3) is 0 Å². The molecule has 1 aromatic carbocycles. The second-order valence-electron chi connectivity index (χ2n) is 8.73. The maximum atomic E-state index is 12.5. The summed E-state index contributed by atoms with van der Waals surface area (Å²) in [5.41, 5.74) is 3.07. The summed E-state index contributed by atoms with van der Waals surface area (Å²) in [5, 5.41) is 12.0. The molecule has 1 fully saturated rings. The Morgan fingerprint density at radius 2 is 1.97 bits per heavy atom. The number of carbonyl (C=O) groups excluding carboxylic acids is 2. The Balaban J connectivity index is 1.25. The van der Waals surface area contributed by atoms with Crippen molar-refractivity contribution < 1.29 is 19.1 Å². The average Bonchev–Trinajstić information content (AvgIpc) is 2.87. The van der Waals surface area contributed by atoms with Gasteiger partial charge in [0.05, 0.1) is 26.0 Å². The van der Waals surface area contributed by atoms with E-state index in [0.717, 1.165) is 54.3 Å². The molecule has 2 aliphatic heterocycles. The number of amides is 2. The van der Waals surface area contributed by atoms with Crippen LogP contribution in [0.5, 0.6) is 5.75 Å². The molecule has 2 amide bonds. The lowest BCUT2D eigenvalue weighted by molar-refractivity contribution is -0.121. The lowest BCUT2D eigenvalue weighted by Gasteiger charge is -2.34. The number of hydrogen-bond acceptors (Lipinski definition) is 7. The number of piperidine rings is 1. The van der Waals surface area contributed by atoms with Gasteiger partial charge >= 0.3 is 6.09 Å². The van der Waals surface area contributed by atoms with Crippen molar-refractivity contribution in [1.82, 2.24) is 20.4 Å². The SMILES string of the molecule is CCOC(=O)N1CCc2nnc(N3CCC(NC(=O)CCc4cccc(OC)c4)CC3)cc2C1. The van der Waals surface area contributed by atoms with Crippen LogP contribution >= 0.6 is 0 Å². The highest BCUT2D eigenvalue weighted by Gasteiger charge is 2.26. The van der Waals surface area contributed by atoms with E-state index in [2.05, 4.69) is 20.4 Å². The van der Waals surface area contributed by atoms with Crippen LogP contribution in [0.3, 0.4) is 0 Å². The molecule has 0 saturated carbocycles. The lowest BCUT2D eigenvalue weighted by atomic mass is 10.0. The van der Waals surface area contributed by atoms with Gasteiger partial charge in [0.1, 0.15) is 5.75 Å². The second-order valence-corrected chi connectivity index (χ2v) is 8.73. The molecule has 2 aromatic rings. The van der Waals surface area contributed by atoms with E-state index in [1.807, 2.05) is 37.3 Å². The van der Waals surface area contributed by atoms with Gasteiger partial charge < -0.3 is 24.6 Å². The molecule has 34 heavy (non-hydrogen) atoms. The molecular weight excluding hydrogens is 434 g/mol. The molecule has 1 aromatic heterocycles. The van der Waals surface area contributed by atoms with Gasteiger partial charge in [-0.3, -0.25) is 4.79 Å². The van der Waals surface area contributed by atoms with Gasteiger partial charge in [-0.15, -0.1) is 5.10 Å². The number of aromatic nitrogens is 2. The van der Waals surface area contributed by atoms with Crippen molar-refractivity contribution in [2.24, 2.45) is 0 Å². The molecule has 9 nitrogen and oxygen atoms in total. The van der Waals surface area contributed by atoms with Gasteiger partial charge in [-0.25, -0.2) is 4.79 Å². The summed E-state index contributed by atoms with van der Waals surface area (Å²) in [5.74, 6) is 1.71. The number of fused-ring (bicyclic) bond motifs is 1. The van der Waals surface area contributed by atoms with E-state index >= 15 is 0 Å². The van der Waals surface area contributed by atoms with E-state index in [1.54, 1.807) is 12.0 Å². The summed E-state index contributed by atoms with van der Waals surface area (Å²) in [6, 6.07) is 10.0. The minimum Gasteiger partial charge on any atom is -0.497 e. The quantitative estimate of drug-likeness (QED) is 0.669. The number of methoxy groups -OCH3 is 1. The van der Waals surface area contributed by atoms with E-state index < -0.39 is 0 Å². The van der Waals surface area contributed by atoms with Crippen LogP contribution in [-0.4, -0.2) is 66.5 Å². The Kier molecular flexibility index (Phi) is 7.82. The first kappa shape index (κ1) is 23.8. The van der Waals surface area contributed by atoms with E-state index in [-0.39, 0.29) is 18.0 Å². The Morgan fingerprint density at radius 3 is 2.74 bits per heavy atom. The van der Waals surface area contributed by atoms with Crippen molar-refractivity contribution in [2.75, 3.05) is 38.3 Å². The van der Waals surface area contributed by atoms with Gasteiger partial charge in [-0.05, 0) is 55.5 Å². The highest BCUT2D eigenvalue weighted by atomic mass is 16.6. The van der Waals surface area contributed by atoms with Crippen molar-refractivity contribution in [3.8, 4) is 5.75 Å². The van der Waals surface area contributed by atoms with Gasteiger partial charge in [-0.2, -0.15) is 5.10 Å². The maximum Gasteiger partial charge on any atom is 0.410 e. The number of nitrogens with one attached hydrogen (secondary N) is 1. The van der Waals surface area contributed by atoms with Crippen LogP contribution in [0, 0.1) is 0 Å². The van der Waals surface area contributed by atoms with Crippen LogP contribution in [0.1, 0.15) is 43.0 Å². The minimum atomic E-state index is -0.283. The zero-order chi connectivity index (χ0) is 23.9. The number of rotatable bonds is 7. The molecule has 2 aliphatic rings. The van der Waals surface area contributed by atoms with Gasteiger partial charge in [0.2, 0.25) is 5.91 Å². The molecular formula is C25H33N5O4. The lowest BCUT2D eigenvalue weighted by Crippen LogP contribution is -2.45. The zero-order valence-electron chi connectivity index (χ0n) is 20.0. The molecule has 0 radical (unpaired) electrons. The normalized spacial score (nSPS) is 16.1. The Labute approximate surface area is 200 Å². The number of ether oxygens (including phenoxy) is 2. The molecule has 0 atom stereocenters. The van der Waals surface area contributed by atoms with Crippen LogP contribution < -0.4 is 15.0 Å². The number of nitrogens with zero attached hydrogens (tertiary/aromatic N) is 4. The molecule has 9 heteroatoms. The fourth-order valence-electron chi connectivity index (χ4n) is 4.48. The van der Waals surface area contributed by atoms with Crippen LogP contribution in [0.2, 0.25) is 0 Å². The number of hydrogen-bond donors (Lipinski definition) is 1. The van der Waals surface area contributed by atoms with Crippen LogP contribution in [0.4, 0.5) is 10.6 Å². The molecule has 1 saturated heterocycles. The van der Waals surface area contributed by atoms with Crippen molar-refractivity contribution in [3.63, 3.8) is 0 Å². The summed E-state index contributed by atoms with van der Waals surface area (Å²) >= 11 is 0. The average molecular weight is 468 g/mol. The topological polar surface area (TPSA) is 96.9 Å². The first-order chi connectivity index (χ1) is 16.6. The fourth-order valence-corrected chi connectivity index (χ4v) is 4.48. The summed E-state index contributed by atoms with van der Waals surface area (Å²) in [6.07, 6.45) is 3.27. The molecule has 182 valence electrons. The third-order valence-corrected chi connectivity index (χ3v) is 6.41. The molecule has 1 N–H and O–H groups in total. The predicted molar refractivity (Wildman–Crippen MR) is 128 cm³/mol. The first-order valence-electron chi connectivity index (χ1n) is 12.0. The van der Waals surface area contributed by atoms with Crippen LogP contribution in [0.15, 0.2) is 30.3 Å². The van der Waals surface area contributed by atoms with Crippen LogP contribution in [-0.2, 0) is 28.9 Å². The highest BCUT2D eigenvalue weighted by Crippen LogP contribution is 2.24. The van der Waals surface area contributed by atoms with E-state index in [4.69, 9.17) is 9.47 Å². The number of benzene rings is 1. The third kappa shape index (κ3) is 5.95. The summed E-state index contributed by atoms with van der Waals surface area (Å²) in [4.78, 5) is 28.5. The van der Waals surface area contributed by atoms with Gasteiger partial charge in [0, 0.05) is 38.5 Å². The van der Waals surface area contributed by atoms with Gasteiger partial charge in [0.15, 0.2) is 5.82 Å². The number of carbonyl (C=O) groups is 2. The summed E-state index contributed by atoms with van der Waals surface area (Å²) in [7, 11) is 1.64. The Bertz CT molecular complexity index is 1010. The van der Waals surface area contributed by atoms with E-state index in [9.17, 15) is 9.59 Å². The standard InChI is InChI=1S/C25H33N5O4/c1-3-34-25(32)30-14-11-22-19(17-30)16-23(28-27-22)29-12-9-20(10-13-29)26-24(31)8-7-18-5-4-6-21(15-18)33-2/h4-6,15-16,20H,3,7-14,17H2,1-2H3,(H,26,31). The molecule has 3 heterocycles. The Morgan fingerprint density at radius 1 is 1.15 bits per heavy atom. The molecule has 0 bridgehead atoms. The van der Waals surface area contributed by atoms with Crippen molar-refractivity contribution in [3.05, 3.63) is 47.2 Å². The molecule has 4 rings (SSSR count). The largest absolute Gasteiger partial charge is 0.497 e. The number of anilines is 1. The second kappa shape index (κ2) is 11.2. The van der Waals surface area contributed by atoms with Gasteiger partial charge in [-0.1, -0.05) is 12.1 Å². The molecule has 0 aliphatic carbocycles. The molecule has 0 unspecified atom stereocenters. The van der Waals surface area contributed by atoms with Crippen molar-refractivity contribution in [1.29, 1.82) is 0 Å². The fraction of sp³-hybridized carbons (Fsp3) is 0.520. The van der Waals surface area contributed by atoms with Crippen molar-refractivity contribution >= 4 is 17.8 Å². The third-order valence-electron chi connectivity index (χ3n) is 6.41. The smallest absolute Gasteiger partial charge is 0.410 e. The number of aryl methyl sites for hydroxylation is 1. The summed E-state index contributed by atoms with van der Waals surface area (Å²) < 4.78 is 10.4. The van der Waals surface area contributed by atoms with E-state index in [0.29, 0.717) is 39.0 Å². The van der Waals surface area contributed by atoms with Crippen molar-refractivity contribution in [2.45, 2.75) is 51.6 Å². The minimum absolute atomic E-state index is 0.0777. The predicted octanol–water partition coefficient (Wildman–Crippen LogP) is 2.72. The zero-order valence-corrected chi connectivity index (χ0v) is 20.0. The van der Waals surface area contributed by atoms with E-state index in [1.165, 1.54) is 0 Å². The Hall–Kier alpha value is -3.36. The highest BCUT2D eigenvalue weighted by molar-refractivity contribution is 5.76.